The third-order valence-corrected chi connectivity index (χ3v) is 3.86. The second-order valence-corrected chi connectivity index (χ2v) is 7.12. The van der Waals surface area contributed by atoms with E-state index in [1.807, 2.05) is 39.8 Å². The van der Waals surface area contributed by atoms with Crippen LogP contribution in [0.4, 0.5) is 10.5 Å². The highest BCUT2D eigenvalue weighted by atomic mass is 35.5. The highest BCUT2D eigenvalue weighted by Gasteiger charge is 2.33. The van der Waals surface area contributed by atoms with Gasteiger partial charge in [-0.25, -0.2) is 4.79 Å². The number of hydrogen-bond acceptors (Lipinski definition) is 3. The maximum absolute atomic E-state index is 11.8. The molecule has 0 atom stereocenters. The maximum Gasteiger partial charge on any atom is 0.410 e. The molecule has 1 aliphatic rings. The van der Waals surface area contributed by atoms with E-state index in [9.17, 15) is 4.79 Å². The zero-order valence-electron chi connectivity index (χ0n) is 12.7. The monoisotopic (exact) mass is 330 g/mol. The van der Waals surface area contributed by atoms with Crippen LogP contribution in [0.3, 0.4) is 0 Å². The SMILES string of the molecule is Cc1cc(Cl)c(NC2CN(C(=O)OC(C)(C)C)C2)cc1Cl. The molecule has 21 heavy (non-hydrogen) atoms. The van der Waals surface area contributed by atoms with Crippen molar-refractivity contribution in [1.82, 2.24) is 4.90 Å². The highest BCUT2D eigenvalue weighted by Crippen LogP contribution is 2.30. The first-order valence-electron chi connectivity index (χ1n) is 6.86. The summed E-state index contributed by atoms with van der Waals surface area (Å²) < 4.78 is 5.31. The number of ether oxygens (including phenoxy) is 1. The minimum atomic E-state index is -0.469. The summed E-state index contributed by atoms with van der Waals surface area (Å²) in [6.45, 7) is 8.66. The number of likely N-dealkylation sites (tertiary alicyclic amines) is 1. The van der Waals surface area contributed by atoms with Gasteiger partial charge in [0.2, 0.25) is 0 Å². The van der Waals surface area contributed by atoms with E-state index in [1.165, 1.54) is 0 Å². The average molecular weight is 331 g/mol. The van der Waals surface area contributed by atoms with E-state index in [0.717, 1.165) is 11.3 Å². The number of amides is 1. The Morgan fingerprint density at radius 1 is 1.29 bits per heavy atom. The first-order valence-corrected chi connectivity index (χ1v) is 7.61. The van der Waals surface area contributed by atoms with Crippen LogP contribution in [0.15, 0.2) is 12.1 Å². The largest absolute Gasteiger partial charge is 0.444 e. The van der Waals surface area contributed by atoms with Gasteiger partial charge in [-0.2, -0.15) is 0 Å². The van der Waals surface area contributed by atoms with Crippen molar-refractivity contribution in [3.8, 4) is 0 Å². The molecule has 1 aliphatic heterocycles. The van der Waals surface area contributed by atoms with Gasteiger partial charge < -0.3 is 15.0 Å². The number of carbonyl (C=O) groups is 1. The Labute approximate surface area is 135 Å². The van der Waals surface area contributed by atoms with Crippen LogP contribution in [0, 0.1) is 6.92 Å². The second-order valence-electron chi connectivity index (χ2n) is 6.31. The molecule has 2 rings (SSSR count). The molecule has 0 aromatic heterocycles. The Morgan fingerprint density at radius 3 is 2.48 bits per heavy atom. The van der Waals surface area contributed by atoms with E-state index < -0.39 is 5.60 Å². The molecule has 6 heteroatoms. The van der Waals surface area contributed by atoms with Gasteiger partial charge in [-0.3, -0.25) is 0 Å². The summed E-state index contributed by atoms with van der Waals surface area (Å²) >= 11 is 12.3. The van der Waals surface area contributed by atoms with Crippen molar-refractivity contribution >= 4 is 35.0 Å². The van der Waals surface area contributed by atoms with E-state index in [4.69, 9.17) is 27.9 Å². The predicted octanol–water partition coefficient (Wildman–Crippen LogP) is 4.33. The van der Waals surface area contributed by atoms with Crippen molar-refractivity contribution in [2.75, 3.05) is 18.4 Å². The molecule has 1 aromatic rings. The number of hydrogen-bond donors (Lipinski definition) is 1. The van der Waals surface area contributed by atoms with Gasteiger partial charge in [-0.1, -0.05) is 23.2 Å². The van der Waals surface area contributed by atoms with Gasteiger partial charge >= 0.3 is 6.09 Å². The first kappa shape index (κ1) is 16.2. The third-order valence-electron chi connectivity index (χ3n) is 3.14. The molecule has 1 aromatic carbocycles. The lowest BCUT2D eigenvalue weighted by molar-refractivity contribution is 0.0105. The first-order chi connectivity index (χ1) is 9.65. The minimum absolute atomic E-state index is 0.161. The minimum Gasteiger partial charge on any atom is -0.444 e. The molecule has 0 spiro atoms. The van der Waals surface area contributed by atoms with Crippen LogP contribution in [0.25, 0.3) is 0 Å². The third kappa shape index (κ3) is 4.17. The predicted molar refractivity (Wildman–Crippen MR) is 86.4 cm³/mol. The van der Waals surface area contributed by atoms with Crippen LogP contribution in [0.1, 0.15) is 26.3 Å². The maximum atomic E-state index is 11.8. The molecule has 0 aliphatic carbocycles. The second kappa shape index (κ2) is 5.93. The summed E-state index contributed by atoms with van der Waals surface area (Å²) in [5.74, 6) is 0. The number of halogens is 2. The number of anilines is 1. The zero-order valence-corrected chi connectivity index (χ0v) is 14.2. The summed E-state index contributed by atoms with van der Waals surface area (Å²) in [6, 6.07) is 3.81. The topological polar surface area (TPSA) is 41.6 Å². The molecule has 0 radical (unpaired) electrons. The van der Waals surface area contributed by atoms with E-state index in [0.29, 0.717) is 23.1 Å². The van der Waals surface area contributed by atoms with Gasteiger partial charge in [0, 0.05) is 18.1 Å². The van der Waals surface area contributed by atoms with Crippen molar-refractivity contribution in [3.63, 3.8) is 0 Å². The Bertz CT molecular complexity index is 549. The summed E-state index contributed by atoms with van der Waals surface area (Å²) in [7, 11) is 0. The lowest BCUT2D eigenvalue weighted by atomic mass is 10.1. The van der Waals surface area contributed by atoms with E-state index in [-0.39, 0.29) is 12.1 Å². The van der Waals surface area contributed by atoms with Crippen LogP contribution in [0.2, 0.25) is 10.0 Å². The molecular weight excluding hydrogens is 311 g/mol. The van der Waals surface area contributed by atoms with Crippen molar-refractivity contribution in [2.45, 2.75) is 39.3 Å². The van der Waals surface area contributed by atoms with E-state index in [1.54, 1.807) is 4.90 Å². The average Bonchev–Trinajstić information content (AvgIpc) is 2.26. The lowest BCUT2D eigenvalue weighted by Gasteiger charge is -2.40. The van der Waals surface area contributed by atoms with Crippen molar-refractivity contribution < 1.29 is 9.53 Å². The van der Waals surface area contributed by atoms with Gasteiger partial charge in [0.15, 0.2) is 0 Å². The van der Waals surface area contributed by atoms with Gasteiger partial charge in [0.1, 0.15) is 5.60 Å². The molecular formula is C15H20Cl2N2O2. The normalized spacial score (nSPS) is 15.6. The van der Waals surface area contributed by atoms with Gasteiger partial charge in [-0.05, 0) is 45.4 Å². The summed E-state index contributed by atoms with van der Waals surface area (Å²) in [5.41, 5.74) is 1.26. The van der Waals surface area contributed by atoms with Gasteiger partial charge in [0.25, 0.3) is 0 Å². The molecule has 0 saturated carbocycles. The Hall–Kier alpha value is -1.13. The smallest absolute Gasteiger partial charge is 0.410 e. The molecule has 4 nitrogen and oxygen atoms in total. The Morgan fingerprint density at radius 2 is 1.90 bits per heavy atom. The quantitative estimate of drug-likeness (QED) is 0.877. The van der Waals surface area contributed by atoms with E-state index in [2.05, 4.69) is 5.32 Å². The molecule has 1 fully saturated rings. The van der Waals surface area contributed by atoms with Gasteiger partial charge in [0.05, 0.1) is 16.8 Å². The number of benzene rings is 1. The van der Waals surface area contributed by atoms with Crippen molar-refractivity contribution in [3.05, 3.63) is 27.7 Å². The highest BCUT2D eigenvalue weighted by molar-refractivity contribution is 6.35. The number of rotatable bonds is 2. The fourth-order valence-electron chi connectivity index (χ4n) is 2.02. The Balaban J connectivity index is 1.89. The Kier molecular flexibility index (Phi) is 4.59. The van der Waals surface area contributed by atoms with Crippen molar-refractivity contribution in [2.24, 2.45) is 0 Å². The van der Waals surface area contributed by atoms with Crippen LogP contribution in [-0.2, 0) is 4.74 Å². The fourth-order valence-corrected chi connectivity index (χ4v) is 2.46. The lowest BCUT2D eigenvalue weighted by Crippen LogP contribution is -2.57. The molecule has 1 saturated heterocycles. The molecule has 0 unspecified atom stereocenters. The summed E-state index contributed by atoms with van der Waals surface area (Å²) in [5, 5.41) is 4.60. The molecule has 1 amide bonds. The molecule has 1 N–H and O–H groups in total. The number of aryl methyl sites for hydroxylation is 1. The number of carbonyl (C=O) groups excluding carboxylic acids is 1. The fraction of sp³-hybridized carbons (Fsp3) is 0.533. The number of nitrogens with one attached hydrogen (secondary N) is 1. The zero-order chi connectivity index (χ0) is 15.8. The van der Waals surface area contributed by atoms with Crippen LogP contribution < -0.4 is 5.32 Å². The summed E-state index contributed by atoms with van der Waals surface area (Å²) in [4.78, 5) is 13.5. The molecule has 1 heterocycles. The van der Waals surface area contributed by atoms with Gasteiger partial charge in [-0.15, -0.1) is 0 Å². The van der Waals surface area contributed by atoms with Crippen LogP contribution in [-0.4, -0.2) is 35.7 Å². The van der Waals surface area contributed by atoms with Crippen molar-refractivity contribution in [1.29, 1.82) is 0 Å². The van der Waals surface area contributed by atoms with Crippen LogP contribution >= 0.6 is 23.2 Å². The number of nitrogens with zero attached hydrogens (tertiary/aromatic N) is 1. The summed E-state index contributed by atoms with van der Waals surface area (Å²) in [6.07, 6.45) is -0.284. The van der Waals surface area contributed by atoms with Crippen LogP contribution in [0.5, 0.6) is 0 Å². The molecule has 116 valence electrons. The standard InChI is InChI=1S/C15H20Cl2N2O2/c1-9-5-12(17)13(6-11(9)16)18-10-7-19(8-10)14(20)21-15(2,3)4/h5-6,10,18H,7-8H2,1-4H3. The molecule has 0 bridgehead atoms. The van der Waals surface area contributed by atoms with E-state index >= 15 is 0 Å².